The zero-order valence-corrected chi connectivity index (χ0v) is 19.8. The number of H-pyrrole nitrogens is 1. The van der Waals surface area contributed by atoms with Crippen LogP contribution in [0, 0.1) is 13.8 Å². The Hall–Kier alpha value is -3.68. The second kappa shape index (κ2) is 8.69. The van der Waals surface area contributed by atoms with E-state index in [4.69, 9.17) is 14.2 Å². The van der Waals surface area contributed by atoms with Gasteiger partial charge in [-0.15, -0.1) is 0 Å². The zero-order valence-electron chi connectivity index (χ0n) is 19.8. The van der Waals surface area contributed by atoms with E-state index in [0.29, 0.717) is 40.7 Å². The Balaban J connectivity index is 1.98. The first-order valence-electron chi connectivity index (χ1n) is 10.9. The van der Waals surface area contributed by atoms with Crippen LogP contribution in [-0.4, -0.2) is 54.0 Å². The van der Waals surface area contributed by atoms with Gasteiger partial charge in [0, 0.05) is 17.7 Å². The van der Waals surface area contributed by atoms with Crippen LogP contribution in [0.25, 0.3) is 11.3 Å². The van der Waals surface area contributed by atoms with Gasteiger partial charge in [0.1, 0.15) is 17.1 Å². The molecule has 2 aromatic carbocycles. The number of aromatic nitrogens is 2. The number of ether oxygens (including phenoxy) is 3. The molecule has 8 nitrogen and oxygen atoms in total. The van der Waals surface area contributed by atoms with Gasteiger partial charge in [0.2, 0.25) is 5.75 Å². The molecule has 1 aliphatic heterocycles. The third-order valence-corrected chi connectivity index (χ3v) is 6.03. The van der Waals surface area contributed by atoms with Gasteiger partial charge in [-0.1, -0.05) is 13.0 Å². The number of amides is 1. The third-order valence-electron chi connectivity index (χ3n) is 6.03. The minimum absolute atomic E-state index is 0.131. The fourth-order valence-corrected chi connectivity index (χ4v) is 4.72. The van der Waals surface area contributed by atoms with Crippen molar-refractivity contribution in [3.8, 4) is 34.3 Å². The van der Waals surface area contributed by atoms with Gasteiger partial charge in [-0.25, -0.2) is 0 Å². The fraction of sp³-hybridized carbons (Fsp3) is 0.360. The molecular formula is C25H29N3O5. The summed E-state index contributed by atoms with van der Waals surface area (Å²) in [5, 5.41) is 18.2. The van der Waals surface area contributed by atoms with Crippen molar-refractivity contribution in [2.24, 2.45) is 0 Å². The van der Waals surface area contributed by atoms with Crippen molar-refractivity contribution >= 4 is 5.91 Å². The number of hydrogen-bond acceptors (Lipinski definition) is 6. The lowest BCUT2D eigenvalue weighted by Gasteiger charge is -2.27. The number of benzene rings is 2. The molecule has 33 heavy (non-hydrogen) atoms. The van der Waals surface area contributed by atoms with Gasteiger partial charge in [0.15, 0.2) is 11.5 Å². The highest BCUT2D eigenvalue weighted by molar-refractivity contribution is 6.00. The van der Waals surface area contributed by atoms with Crippen molar-refractivity contribution < 1.29 is 24.1 Å². The molecule has 1 atom stereocenters. The molecule has 2 heterocycles. The Morgan fingerprint density at radius 1 is 1.06 bits per heavy atom. The maximum absolute atomic E-state index is 13.4. The molecule has 8 heteroatoms. The predicted octanol–water partition coefficient (Wildman–Crippen LogP) is 4.38. The first-order valence-corrected chi connectivity index (χ1v) is 10.9. The highest BCUT2D eigenvalue weighted by Crippen LogP contribution is 2.48. The number of methoxy groups -OCH3 is 3. The first kappa shape index (κ1) is 22.5. The SMILES string of the molecule is CCCN1C(=O)c2[nH]nc(-c3c(C)cc(C)cc3O)c2[C@H]1c1cc(OC)c(OC)c(OC)c1. The number of aromatic amines is 1. The Morgan fingerprint density at radius 3 is 2.27 bits per heavy atom. The van der Waals surface area contributed by atoms with Crippen LogP contribution in [0.4, 0.5) is 0 Å². The van der Waals surface area contributed by atoms with Gasteiger partial charge in [0.25, 0.3) is 5.91 Å². The van der Waals surface area contributed by atoms with Gasteiger partial charge in [-0.2, -0.15) is 5.10 Å². The van der Waals surface area contributed by atoms with Crippen molar-refractivity contribution in [3.63, 3.8) is 0 Å². The topological polar surface area (TPSA) is 96.9 Å². The average molecular weight is 452 g/mol. The minimum Gasteiger partial charge on any atom is -0.507 e. The number of nitrogens with zero attached hydrogens (tertiary/aromatic N) is 2. The van der Waals surface area contributed by atoms with E-state index in [1.54, 1.807) is 27.4 Å². The van der Waals surface area contributed by atoms with Crippen LogP contribution in [-0.2, 0) is 0 Å². The van der Waals surface area contributed by atoms with E-state index in [-0.39, 0.29) is 11.7 Å². The minimum atomic E-state index is -0.435. The molecule has 174 valence electrons. The Bertz CT molecular complexity index is 1170. The molecule has 2 N–H and O–H groups in total. The molecule has 0 unspecified atom stereocenters. The molecule has 1 aliphatic rings. The van der Waals surface area contributed by atoms with Gasteiger partial charge < -0.3 is 24.2 Å². The van der Waals surface area contributed by atoms with Gasteiger partial charge in [-0.05, 0) is 55.2 Å². The average Bonchev–Trinajstić information content (AvgIpc) is 3.31. The van der Waals surface area contributed by atoms with E-state index >= 15 is 0 Å². The number of rotatable bonds is 7. The number of phenols is 1. The highest BCUT2D eigenvalue weighted by Gasteiger charge is 2.43. The van der Waals surface area contributed by atoms with Gasteiger partial charge in [-0.3, -0.25) is 9.89 Å². The predicted molar refractivity (Wildman–Crippen MR) is 124 cm³/mol. The summed E-state index contributed by atoms with van der Waals surface area (Å²) in [6.07, 6.45) is 0.786. The molecule has 0 bridgehead atoms. The number of phenolic OH excluding ortho intramolecular Hbond substituents is 1. The van der Waals surface area contributed by atoms with E-state index in [9.17, 15) is 9.90 Å². The molecule has 0 spiro atoms. The zero-order chi connectivity index (χ0) is 23.9. The summed E-state index contributed by atoms with van der Waals surface area (Å²) >= 11 is 0. The van der Waals surface area contributed by atoms with Crippen molar-refractivity contribution in [2.45, 2.75) is 33.2 Å². The summed E-state index contributed by atoms with van der Waals surface area (Å²) in [5.41, 5.74) is 4.96. The molecule has 0 aliphatic carbocycles. The number of hydrogen-bond donors (Lipinski definition) is 2. The summed E-state index contributed by atoms with van der Waals surface area (Å²) < 4.78 is 16.6. The molecule has 4 rings (SSSR count). The van der Waals surface area contributed by atoms with Gasteiger partial charge in [0.05, 0.1) is 27.4 Å². The molecule has 0 saturated heterocycles. The molecule has 0 fully saturated rings. The molecule has 1 amide bonds. The van der Waals surface area contributed by atoms with Crippen LogP contribution in [0.2, 0.25) is 0 Å². The van der Waals surface area contributed by atoms with Crippen molar-refractivity contribution in [2.75, 3.05) is 27.9 Å². The number of aryl methyl sites for hydroxylation is 2. The Labute approximate surface area is 193 Å². The van der Waals surface area contributed by atoms with E-state index in [1.165, 1.54) is 0 Å². The fourth-order valence-electron chi connectivity index (χ4n) is 4.72. The van der Waals surface area contributed by atoms with Crippen molar-refractivity contribution in [1.82, 2.24) is 15.1 Å². The monoisotopic (exact) mass is 451 g/mol. The summed E-state index contributed by atoms with van der Waals surface area (Å²) in [4.78, 5) is 15.2. The maximum atomic E-state index is 13.4. The van der Waals surface area contributed by atoms with E-state index < -0.39 is 6.04 Å². The van der Waals surface area contributed by atoms with Crippen LogP contribution in [0.15, 0.2) is 24.3 Å². The first-order chi connectivity index (χ1) is 15.9. The Morgan fingerprint density at radius 2 is 1.73 bits per heavy atom. The second-order valence-electron chi connectivity index (χ2n) is 8.20. The smallest absolute Gasteiger partial charge is 0.273 e. The van der Waals surface area contributed by atoms with Crippen molar-refractivity contribution in [3.05, 3.63) is 52.2 Å². The standard InChI is InChI=1S/C25H29N3O5/c1-7-8-28-23(15-11-17(31-4)24(33-6)18(12-15)32-5)20-21(26-27-22(20)25(28)30)19-14(3)9-13(2)10-16(19)29/h9-12,23,29H,7-8H2,1-6H3,(H,26,27)/t23-/m1/s1. The summed E-state index contributed by atoms with van der Waals surface area (Å²) in [6, 6.07) is 6.98. The van der Waals surface area contributed by atoms with Gasteiger partial charge >= 0.3 is 0 Å². The molecule has 0 saturated carbocycles. The maximum Gasteiger partial charge on any atom is 0.273 e. The number of carbonyl (C=O) groups excluding carboxylic acids is 1. The molecule has 3 aromatic rings. The largest absolute Gasteiger partial charge is 0.507 e. The molecular weight excluding hydrogens is 422 g/mol. The van der Waals surface area contributed by atoms with E-state index in [1.807, 2.05) is 43.9 Å². The van der Waals surface area contributed by atoms with Crippen LogP contribution in [0.1, 0.15) is 52.1 Å². The lowest BCUT2D eigenvalue weighted by molar-refractivity contribution is 0.0743. The van der Waals surface area contributed by atoms with Crippen LogP contribution < -0.4 is 14.2 Å². The molecule has 0 radical (unpaired) electrons. The van der Waals surface area contributed by atoms with Crippen LogP contribution >= 0.6 is 0 Å². The van der Waals surface area contributed by atoms with Crippen LogP contribution in [0.3, 0.4) is 0 Å². The third kappa shape index (κ3) is 3.55. The normalized spacial score (nSPS) is 15.0. The number of nitrogens with one attached hydrogen (secondary N) is 1. The quantitative estimate of drug-likeness (QED) is 0.553. The Kier molecular flexibility index (Phi) is 5.93. The number of aromatic hydroxyl groups is 1. The summed E-state index contributed by atoms with van der Waals surface area (Å²) in [5.74, 6) is 1.49. The number of fused-ring (bicyclic) bond motifs is 1. The lowest BCUT2D eigenvalue weighted by Crippen LogP contribution is -2.30. The summed E-state index contributed by atoms with van der Waals surface area (Å²) in [6.45, 7) is 6.44. The summed E-state index contributed by atoms with van der Waals surface area (Å²) in [7, 11) is 4.68. The van der Waals surface area contributed by atoms with Crippen LogP contribution in [0.5, 0.6) is 23.0 Å². The van der Waals surface area contributed by atoms with Crippen molar-refractivity contribution in [1.29, 1.82) is 0 Å². The lowest BCUT2D eigenvalue weighted by atomic mass is 9.92. The highest BCUT2D eigenvalue weighted by atomic mass is 16.5. The molecule has 1 aromatic heterocycles. The van der Waals surface area contributed by atoms with E-state index in [2.05, 4.69) is 10.2 Å². The number of carbonyl (C=O) groups is 1. The second-order valence-corrected chi connectivity index (χ2v) is 8.20. The van der Waals surface area contributed by atoms with E-state index in [0.717, 1.165) is 28.7 Å².